The maximum atomic E-state index is 12.8. The van der Waals surface area contributed by atoms with Crippen LogP contribution in [-0.4, -0.2) is 26.9 Å². The Morgan fingerprint density at radius 3 is 2.30 bits per heavy atom. The Balaban J connectivity index is 1.79. The fourth-order valence-electron chi connectivity index (χ4n) is 3.06. The van der Waals surface area contributed by atoms with Gasteiger partial charge >= 0.3 is 5.97 Å². The van der Waals surface area contributed by atoms with Gasteiger partial charge in [0, 0.05) is 11.3 Å². The fourth-order valence-corrected chi connectivity index (χ4v) is 4.42. The van der Waals surface area contributed by atoms with Gasteiger partial charge in [0.1, 0.15) is 0 Å². The molecule has 0 aliphatic heterocycles. The standard InChI is InChI=1S/C24H23ClN2O5S/c1-4-32-24(29)19-6-5-7-21(16(19)3)26-23(28)17-10-13-22(20(25)14-17)27-33(30,31)18-11-8-15(2)9-12-18/h5-14,27H,4H2,1-3H3,(H,26,28). The molecule has 0 unspecified atom stereocenters. The van der Waals surface area contributed by atoms with Gasteiger partial charge in [-0.1, -0.05) is 35.4 Å². The summed E-state index contributed by atoms with van der Waals surface area (Å²) in [5, 5.41) is 2.81. The summed E-state index contributed by atoms with van der Waals surface area (Å²) in [6.45, 7) is 5.53. The lowest BCUT2D eigenvalue weighted by molar-refractivity contribution is 0.0525. The molecule has 0 spiro atoms. The van der Waals surface area contributed by atoms with Crippen molar-refractivity contribution in [3.63, 3.8) is 0 Å². The third-order valence-electron chi connectivity index (χ3n) is 4.88. The minimum atomic E-state index is -3.84. The number of carbonyl (C=O) groups excluding carboxylic acids is 2. The van der Waals surface area contributed by atoms with Crippen LogP contribution in [0.1, 0.15) is 38.8 Å². The third-order valence-corrected chi connectivity index (χ3v) is 6.58. The number of benzene rings is 3. The van der Waals surface area contributed by atoms with Crippen molar-refractivity contribution >= 4 is 44.9 Å². The van der Waals surface area contributed by atoms with E-state index in [-0.39, 0.29) is 27.8 Å². The number of amides is 1. The number of hydrogen-bond donors (Lipinski definition) is 2. The zero-order valence-electron chi connectivity index (χ0n) is 18.3. The molecule has 0 aliphatic carbocycles. The van der Waals surface area contributed by atoms with Gasteiger partial charge in [-0.15, -0.1) is 0 Å². The van der Waals surface area contributed by atoms with Crippen molar-refractivity contribution in [2.24, 2.45) is 0 Å². The number of esters is 1. The van der Waals surface area contributed by atoms with Crippen LogP contribution in [0.5, 0.6) is 0 Å². The van der Waals surface area contributed by atoms with Crippen molar-refractivity contribution < 1.29 is 22.7 Å². The van der Waals surface area contributed by atoms with Gasteiger partial charge in [-0.05, 0) is 68.8 Å². The summed E-state index contributed by atoms with van der Waals surface area (Å²) in [6.07, 6.45) is 0. The molecule has 0 atom stereocenters. The highest BCUT2D eigenvalue weighted by Gasteiger charge is 2.18. The molecular weight excluding hydrogens is 464 g/mol. The van der Waals surface area contributed by atoms with Crippen LogP contribution in [-0.2, 0) is 14.8 Å². The molecule has 3 aromatic carbocycles. The fraction of sp³-hybridized carbons (Fsp3) is 0.167. The molecule has 3 rings (SSSR count). The van der Waals surface area contributed by atoms with Gasteiger partial charge in [0.2, 0.25) is 0 Å². The second kappa shape index (κ2) is 10.1. The Bertz CT molecular complexity index is 1300. The molecular formula is C24H23ClN2O5S. The number of carbonyl (C=O) groups is 2. The molecule has 0 bridgehead atoms. The predicted molar refractivity (Wildman–Crippen MR) is 129 cm³/mol. The van der Waals surface area contributed by atoms with E-state index < -0.39 is 21.9 Å². The summed E-state index contributed by atoms with van der Waals surface area (Å²) in [5.41, 5.74) is 2.68. The van der Waals surface area contributed by atoms with Gasteiger partial charge in [0.15, 0.2) is 0 Å². The van der Waals surface area contributed by atoms with Gasteiger partial charge in [-0.3, -0.25) is 9.52 Å². The summed E-state index contributed by atoms with van der Waals surface area (Å²) in [7, 11) is -3.84. The molecule has 1 amide bonds. The lowest BCUT2D eigenvalue weighted by atomic mass is 10.1. The number of ether oxygens (including phenoxy) is 1. The van der Waals surface area contributed by atoms with Crippen molar-refractivity contribution in [3.8, 4) is 0 Å². The molecule has 9 heteroatoms. The average Bonchev–Trinajstić information content (AvgIpc) is 2.77. The number of anilines is 2. The molecule has 0 aliphatic rings. The second-order valence-corrected chi connectivity index (χ2v) is 9.36. The first kappa shape index (κ1) is 24.3. The van der Waals surface area contributed by atoms with Gasteiger partial charge < -0.3 is 10.1 Å². The van der Waals surface area contributed by atoms with E-state index in [0.717, 1.165) is 5.56 Å². The van der Waals surface area contributed by atoms with Crippen molar-refractivity contribution in [3.05, 3.63) is 87.9 Å². The van der Waals surface area contributed by atoms with Gasteiger partial charge in [-0.25, -0.2) is 13.2 Å². The van der Waals surface area contributed by atoms with Crippen LogP contribution in [0.4, 0.5) is 11.4 Å². The monoisotopic (exact) mass is 486 g/mol. The van der Waals surface area contributed by atoms with Crippen molar-refractivity contribution in [1.82, 2.24) is 0 Å². The lowest BCUT2D eigenvalue weighted by Crippen LogP contribution is -2.16. The number of halogens is 1. The van der Waals surface area contributed by atoms with Crippen LogP contribution in [0.2, 0.25) is 5.02 Å². The molecule has 3 aromatic rings. The molecule has 33 heavy (non-hydrogen) atoms. The van der Waals surface area contributed by atoms with Gasteiger partial charge in [-0.2, -0.15) is 0 Å². The van der Waals surface area contributed by atoms with Gasteiger partial charge in [0.05, 0.1) is 27.8 Å². The SMILES string of the molecule is CCOC(=O)c1cccc(NC(=O)c2ccc(NS(=O)(=O)c3ccc(C)cc3)c(Cl)c2)c1C. The smallest absolute Gasteiger partial charge is 0.338 e. The molecule has 0 fully saturated rings. The summed E-state index contributed by atoms with van der Waals surface area (Å²) in [6, 6.07) is 15.6. The summed E-state index contributed by atoms with van der Waals surface area (Å²) in [5.74, 6) is -0.937. The first-order valence-corrected chi connectivity index (χ1v) is 12.0. The van der Waals surface area contributed by atoms with E-state index in [1.807, 2.05) is 6.92 Å². The van der Waals surface area contributed by atoms with Gasteiger partial charge in [0.25, 0.3) is 15.9 Å². The van der Waals surface area contributed by atoms with Crippen molar-refractivity contribution in [1.29, 1.82) is 0 Å². The molecule has 7 nitrogen and oxygen atoms in total. The number of hydrogen-bond acceptors (Lipinski definition) is 5. The largest absolute Gasteiger partial charge is 0.462 e. The van der Waals surface area contributed by atoms with Crippen molar-refractivity contribution in [2.75, 3.05) is 16.6 Å². The van der Waals surface area contributed by atoms with E-state index in [2.05, 4.69) is 10.0 Å². The van der Waals surface area contributed by atoms with E-state index in [1.54, 1.807) is 44.2 Å². The molecule has 0 aromatic heterocycles. The summed E-state index contributed by atoms with van der Waals surface area (Å²) < 4.78 is 32.7. The molecule has 0 saturated heterocycles. The highest BCUT2D eigenvalue weighted by molar-refractivity contribution is 7.92. The van der Waals surface area contributed by atoms with Crippen LogP contribution in [0.15, 0.2) is 65.6 Å². The second-order valence-electron chi connectivity index (χ2n) is 7.27. The minimum Gasteiger partial charge on any atom is -0.462 e. The van der Waals surface area contributed by atoms with E-state index in [9.17, 15) is 18.0 Å². The highest BCUT2D eigenvalue weighted by Crippen LogP contribution is 2.27. The summed E-state index contributed by atoms with van der Waals surface area (Å²) in [4.78, 5) is 24.9. The topological polar surface area (TPSA) is 102 Å². The molecule has 172 valence electrons. The first-order chi connectivity index (χ1) is 15.6. The Labute approximate surface area is 197 Å². The Kier molecular flexibility index (Phi) is 7.40. The minimum absolute atomic E-state index is 0.0651. The Morgan fingerprint density at radius 2 is 1.67 bits per heavy atom. The van der Waals surface area contributed by atoms with Crippen LogP contribution >= 0.6 is 11.6 Å². The van der Waals surface area contributed by atoms with E-state index >= 15 is 0 Å². The van der Waals surface area contributed by atoms with Crippen LogP contribution < -0.4 is 10.0 Å². The molecule has 0 radical (unpaired) electrons. The number of aryl methyl sites for hydroxylation is 1. The number of nitrogens with one attached hydrogen (secondary N) is 2. The zero-order valence-corrected chi connectivity index (χ0v) is 19.9. The highest BCUT2D eigenvalue weighted by atomic mass is 35.5. The van der Waals surface area contributed by atoms with E-state index in [1.165, 1.54) is 30.3 Å². The van der Waals surface area contributed by atoms with Crippen LogP contribution in [0.3, 0.4) is 0 Å². The maximum Gasteiger partial charge on any atom is 0.338 e. The summed E-state index contributed by atoms with van der Waals surface area (Å²) >= 11 is 6.26. The average molecular weight is 487 g/mol. The third kappa shape index (κ3) is 5.71. The van der Waals surface area contributed by atoms with E-state index in [0.29, 0.717) is 16.8 Å². The Hall–Kier alpha value is -3.36. The molecule has 2 N–H and O–H groups in total. The lowest BCUT2D eigenvalue weighted by Gasteiger charge is -2.13. The van der Waals surface area contributed by atoms with Crippen molar-refractivity contribution in [2.45, 2.75) is 25.7 Å². The number of sulfonamides is 1. The van der Waals surface area contributed by atoms with Crippen LogP contribution in [0, 0.1) is 13.8 Å². The maximum absolute atomic E-state index is 12.8. The number of rotatable bonds is 7. The van der Waals surface area contributed by atoms with E-state index in [4.69, 9.17) is 16.3 Å². The molecule has 0 heterocycles. The Morgan fingerprint density at radius 1 is 0.970 bits per heavy atom. The molecule has 0 saturated carbocycles. The van der Waals surface area contributed by atoms with Crippen LogP contribution in [0.25, 0.3) is 0 Å². The predicted octanol–water partition coefficient (Wildman–Crippen LogP) is 5.19. The normalized spacial score (nSPS) is 11.0. The zero-order chi connectivity index (χ0) is 24.2. The first-order valence-electron chi connectivity index (χ1n) is 10.1. The quantitative estimate of drug-likeness (QED) is 0.448.